The molecule has 8 heteroatoms. The molecule has 2 N–H and O–H groups in total. The van der Waals surface area contributed by atoms with Crippen LogP contribution in [0.3, 0.4) is 0 Å². The van der Waals surface area contributed by atoms with E-state index in [1.54, 1.807) is 0 Å². The Labute approximate surface area is 90.6 Å². The van der Waals surface area contributed by atoms with Crippen LogP contribution in [0.5, 0.6) is 0 Å². The fraction of sp³-hybridized carbons (Fsp3) is 0. The molecule has 50 valence electrons. The van der Waals surface area contributed by atoms with Crippen molar-refractivity contribution in [1.82, 2.24) is 0 Å². The van der Waals surface area contributed by atoms with Gasteiger partial charge < -0.3 is 0 Å². The first-order chi connectivity index (χ1) is 2.00. The summed E-state index contributed by atoms with van der Waals surface area (Å²) in [6, 6.07) is 0. The van der Waals surface area contributed by atoms with Crippen LogP contribution in [0.15, 0.2) is 0 Å². The van der Waals surface area contributed by atoms with Gasteiger partial charge in [-0.1, -0.05) is 0 Å². The van der Waals surface area contributed by atoms with E-state index in [2.05, 4.69) is 0 Å². The minimum absolute atomic E-state index is 0. The second kappa shape index (κ2) is 8.91. The van der Waals surface area contributed by atoms with Crippen LogP contribution in [0.4, 0.5) is 0 Å². The van der Waals surface area contributed by atoms with Gasteiger partial charge in [0.1, 0.15) is 0 Å². The number of hydrogen-bond donors (Lipinski definition) is 2. The summed E-state index contributed by atoms with van der Waals surface area (Å²) in [5.74, 6) is 0. The second-order valence-corrected chi connectivity index (χ2v) is 1.34. The molecule has 0 aromatic rings. The van der Waals surface area contributed by atoms with Gasteiger partial charge in [0.15, 0.2) is 0 Å². The normalized spacial score (nSPS) is 7.25. The molecule has 0 radical (unpaired) electrons. The molecule has 0 bridgehead atoms. The van der Waals surface area contributed by atoms with E-state index in [1.807, 2.05) is 0 Å². The topological polar surface area (TPSA) is 74.6 Å². The van der Waals surface area contributed by atoms with Crippen LogP contribution in [-0.4, -0.2) is 47.1 Å². The van der Waals surface area contributed by atoms with Gasteiger partial charge >= 0.3 is 40.0 Å². The second-order valence-electron chi connectivity index (χ2n) is 0.448. The molecule has 0 aromatic carbocycles. The first-order valence-electron chi connectivity index (χ1n) is 0.698. The molecule has 0 rings (SSSR count). The monoisotopic (exact) mass is 234 g/mol. The van der Waals surface area contributed by atoms with Crippen molar-refractivity contribution in [3.8, 4) is 0 Å². The first-order valence-corrected chi connectivity index (χ1v) is 2.10. The summed E-state index contributed by atoms with van der Waals surface area (Å²) >= 11 is 0. The number of rotatable bonds is 0. The van der Waals surface area contributed by atoms with Crippen LogP contribution in [0.1, 0.15) is 0 Å². The molecule has 0 saturated carbocycles. The van der Waals surface area contributed by atoms with Gasteiger partial charge in [0.25, 0.3) is 0 Å². The van der Waals surface area contributed by atoms with Crippen molar-refractivity contribution in [2.75, 3.05) is 0 Å². The quantitative estimate of drug-likeness (QED) is 0.403. The van der Waals surface area contributed by atoms with Crippen molar-refractivity contribution in [1.29, 1.82) is 0 Å². The summed E-state index contributed by atoms with van der Waals surface area (Å²) in [4.78, 5) is 0. The van der Waals surface area contributed by atoms with E-state index in [0.717, 1.165) is 0 Å². The van der Waals surface area contributed by atoms with Crippen LogP contribution < -0.4 is 0 Å². The minimum atomic E-state index is -4.67. The van der Waals surface area contributed by atoms with Crippen molar-refractivity contribution in [2.45, 2.75) is 0 Å². The molecule has 0 aliphatic rings. The van der Waals surface area contributed by atoms with E-state index >= 15 is 0 Å². The molecule has 4 nitrogen and oxygen atoms in total. The standard InChI is InChI=1S/2Fe.Na.H2O4S.H/c;;;1-5(2,3)4;/h;;;(H2,1,2,3,4);. The van der Waals surface area contributed by atoms with Crippen molar-refractivity contribution in [3.63, 3.8) is 0 Å². The zero-order valence-corrected chi connectivity index (χ0v) is 5.85. The summed E-state index contributed by atoms with van der Waals surface area (Å²) in [6.45, 7) is 0. The summed E-state index contributed by atoms with van der Waals surface area (Å²) in [5, 5.41) is 0. The van der Waals surface area contributed by atoms with E-state index in [1.165, 1.54) is 0 Å². The van der Waals surface area contributed by atoms with Crippen LogP contribution in [0.25, 0.3) is 0 Å². The molecule has 0 atom stereocenters. The molecule has 0 spiro atoms. The maximum absolute atomic E-state index is 8.74. The Hall–Kier alpha value is 1.91. The van der Waals surface area contributed by atoms with E-state index in [4.69, 9.17) is 17.5 Å². The average Bonchev–Trinajstić information content (AvgIpc) is 0.722. The van der Waals surface area contributed by atoms with Gasteiger partial charge in [-0.15, -0.1) is 0 Å². The van der Waals surface area contributed by atoms with E-state index in [9.17, 15) is 0 Å². The molecular weight excluding hydrogens is 231 g/mol. The van der Waals surface area contributed by atoms with Gasteiger partial charge in [-0.3, -0.25) is 9.11 Å². The Bertz CT molecular complexity index is 97.2. The molecule has 8 heavy (non-hydrogen) atoms. The van der Waals surface area contributed by atoms with Gasteiger partial charge in [-0.05, 0) is 0 Å². The zero-order chi connectivity index (χ0) is 4.50. The third-order valence-corrected chi connectivity index (χ3v) is 0. The Morgan fingerprint density at radius 3 is 1.00 bits per heavy atom. The summed E-state index contributed by atoms with van der Waals surface area (Å²) in [5.41, 5.74) is 0. The molecule has 0 unspecified atom stereocenters. The Balaban J connectivity index is -0.0000000267. The van der Waals surface area contributed by atoms with Crippen LogP contribution in [0, 0.1) is 0 Å². The fourth-order valence-corrected chi connectivity index (χ4v) is 0. The zero-order valence-electron chi connectivity index (χ0n) is 2.83. The molecule has 0 saturated heterocycles. The van der Waals surface area contributed by atoms with Crippen molar-refractivity contribution in [3.05, 3.63) is 0 Å². The predicted molar refractivity (Wildman–Crippen MR) is 21.3 cm³/mol. The van der Waals surface area contributed by atoms with E-state index in [-0.39, 0.29) is 63.7 Å². The third-order valence-electron chi connectivity index (χ3n) is 0. The fourth-order valence-electron chi connectivity index (χ4n) is 0. The maximum atomic E-state index is 8.74. The van der Waals surface area contributed by atoms with Gasteiger partial charge in [-0.25, -0.2) is 0 Å². The molecule has 0 aromatic heterocycles. The van der Waals surface area contributed by atoms with Crippen molar-refractivity contribution < 1.29 is 51.7 Å². The van der Waals surface area contributed by atoms with Crippen LogP contribution >= 0.6 is 0 Å². The van der Waals surface area contributed by atoms with Gasteiger partial charge in [-0.2, -0.15) is 8.42 Å². The molecule has 0 fully saturated rings. The van der Waals surface area contributed by atoms with Gasteiger partial charge in [0.05, 0.1) is 0 Å². The Morgan fingerprint density at radius 2 is 1.00 bits per heavy atom. The molecule has 0 aliphatic heterocycles. The van der Waals surface area contributed by atoms with Gasteiger partial charge in [0, 0.05) is 34.1 Å². The number of hydrogen-bond acceptors (Lipinski definition) is 2. The summed E-state index contributed by atoms with van der Waals surface area (Å²) in [7, 11) is -4.67. The molecule has 0 heterocycles. The average molecular weight is 234 g/mol. The Kier molecular flexibility index (Phi) is 25.1. The Morgan fingerprint density at radius 1 is 1.00 bits per heavy atom. The van der Waals surface area contributed by atoms with Crippen LogP contribution in [0.2, 0.25) is 0 Å². The third kappa shape index (κ3) is 104. The SMILES string of the molecule is O=S(=O)(O)O.[Fe].[Fe].[NaH]. The van der Waals surface area contributed by atoms with Gasteiger partial charge in [0.2, 0.25) is 0 Å². The molecule has 0 aliphatic carbocycles. The van der Waals surface area contributed by atoms with E-state index < -0.39 is 10.4 Å². The van der Waals surface area contributed by atoms with Crippen molar-refractivity contribution in [2.24, 2.45) is 0 Å². The molecule has 0 amide bonds. The predicted octanol–water partition coefficient (Wildman–Crippen LogP) is -1.31. The summed E-state index contributed by atoms with van der Waals surface area (Å²) in [6.07, 6.45) is 0. The van der Waals surface area contributed by atoms with Crippen LogP contribution in [-0.2, 0) is 44.5 Å². The first kappa shape index (κ1) is 22.5. The van der Waals surface area contributed by atoms with E-state index in [0.29, 0.717) is 0 Å². The molecular formula is H3Fe2NaO4S. The van der Waals surface area contributed by atoms with Crippen molar-refractivity contribution >= 4 is 40.0 Å². The summed E-state index contributed by atoms with van der Waals surface area (Å²) < 4.78 is 31.6.